The predicted molar refractivity (Wildman–Crippen MR) is 81.8 cm³/mol. The van der Waals surface area contributed by atoms with Gasteiger partial charge < -0.3 is 5.73 Å². The Morgan fingerprint density at radius 1 is 1.05 bits per heavy atom. The van der Waals surface area contributed by atoms with E-state index in [1.807, 2.05) is 28.8 Å². The average molecular weight is 274 g/mol. The quantitative estimate of drug-likeness (QED) is 0.736. The zero-order valence-corrected chi connectivity index (χ0v) is 11.7. The van der Waals surface area contributed by atoms with Gasteiger partial charge in [-0.3, -0.25) is 4.40 Å². The van der Waals surface area contributed by atoms with Gasteiger partial charge in [0.2, 0.25) is 0 Å². The lowest BCUT2D eigenvalue weighted by Gasteiger charge is -2.03. The molecule has 0 saturated carbocycles. The van der Waals surface area contributed by atoms with E-state index >= 15 is 0 Å². The van der Waals surface area contributed by atoms with Crippen molar-refractivity contribution in [2.24, 2.45) is 0 Å². The fraction of sp³-hybridized carbons (Fsp3) is 0.133. The summed E-state index contributed by atoms with van der Waals surface area (Å²) >= 11 is 0. The van der Waals surface area contributed by atoms with Crippen LogP contribution in [0, 0.1) is 13.8 Å². The van der Waals surface area contributed by atoms with Crippen molar-refractivity contribution in [3.05, 3.63) is 53.7 Å². The predicted octanol–water partition coefficient (Wildman–Crippen LogP) is 3.62. The first kappa shape index (κ1) is 13.4. The van der Waals surface area contributed by atoms with Crippen LogP contribution in [-0.4, -0.2) is 9.38 Å². The van der Waals surface area contributed by atoms with Crippen molar-refractivity contribution in [1.29, 1.82) is 0 Å². The normalized spacial score (nSPS) is 10.4. The zero-order chi connectivity index (χ0) is 12.7. The Balaban J connectivity index is 0.00000133. The Bertz CT molecular complexity index is 711. The molecule has 0 radical (unpaired) electrons. The highest BCUT2D eigenvalue weighted by Crippen LogP contribution is 2.27. The van der Waals surface area contributed by atoms with Gasteiger partial charge in [-0.2, -0.15) is 0 Å². The summed E-state index contributed by atoms with van der Waals surface area (Å²) in [4.78, 5) is 4.60. The van der Waals surface area contributed by atoms with E-state index in [-0.39, 0.29) is 12.4 Å². The number of aromatic nitrogens is 2. The molecule has 3 rings (SSSR count). The number of benzene rings is 1. The van der Waals surface area contributed by atoms with Crippen molar-refractivity contribution in [2.75, 3.05) is 5.73 Å². The number of halogens is 1. The van der Waals surface area contributed by atoms with Gasteiger partial charge in [0.25, 0.3) is 0 Å². The molecule has 4 heteroatoms. The van der Waals surface area contributed by atoms with Crippen LogP contribution in [0.3, 0.4) is 0 Å². The Kier molecular flexibility index (Phi) is 3.49. The number of rotatable bonds is 1. The van der Waals surface area contributed by atoms with Gasteiger partial charge in [-0.25, -0.2) is 4.98 Å². The first-order valence-corrected chi connectivity index (χ1v) is 5.96. The van der Waals surface area contributed by atoms with Crippen molar-refractivity contribution >= 4 is 23.9 Å². The molecular formula is C15H16ClN3. The molecule has 3 aromatic rings. The van der Waals surface area contributed by atoms with Crippen molar-refractivity contribution in [3.63, 3.8) is 0 Å². The molecule has 0 aliphatic carbocycles. The van der Waals surface area contributed by atoms with E-state index in [9.17, 15) is 0 Å². The molecule has 0 bridgehead atoms. The van der Waals surface area contributed by atoms with Crippen LogP contribution in [0.4, 0.5) is 5.82 Å². The second kappa shape index (κ2) is 4.94. The van der Waals surface area contributed by atoms with Crippen molar-refractivity contribution in [2.45, 2.75) is 13.8 Å². The smallest absolute Gasteiger partial charge is 0.139 e. The van der Waals surface area contributed by atoms with Crippen molar-refractivity contribution < 1.29 is 0 Å². The van der Waals surface area contributed by atoms with E-state index in [1.165, 1.54) is 11.1 Å². The molecule has 1 aromatic carbocycles. The van der Waals surface area contributed by atoms with Crippen molar-refractivity contribution in [3.8, 4) is 11.3 Å². The molecule has 19 heavy (non-hydrogen) atoms. The number of aryl methyl sites for hydroxylation is 2. The Morgan fingerprint density at radius 2 is 1.74 bits per heavy atom. The lowest BCUT2D eigenvalue weighted by molar-refractivity contribution is 1.20. The summed E-state index contributed by atoms with van der Waals surface area (Å²) in [5.41, 5.74) is 11.4. The maximum atomic E-state index is 6.17. The number of nitrogens with zero attached hydrogens (tertiary/aromatic N) is 2. The summed E-state index contributed by atoms with van der Waals surface area (Å²) in [6, 6.07) is 12.3. The van der Waals surface area contributed by atoms with Crippen molar-refractivity contribution in [1.82, 2.24) is 9.38 Å². The molecule has 0 atom stereocenters. The van der Waals surface area contributed by atoms with Crippen LogP contribution in [0.5, 0.6) is 0 Å². The summed E-state index contributed by atoms with van der Waals surface area (Å²) in [5, 5.41) is 0. The fourth-order valence-electron chi connectivity index (χ4n) is 2.34. The second-order valence-electron chi connectivity index (χ2n) is 4.65. The average Bonchev–Trinajstić information content (AvgIpc) is 2.66. The molecule has 2 N–H and O–H groups in total. The van der Waals surface area contributed by atoms with Gasteiger partial charge in [-0.15, -0.1) is 12.4 Å². The number of fused-ring (bicyclic) bond motifs is 1. The molecule has 0 fully saturated rings. The van der Waals surface area contributed by atoms with E-state index in [2.05, 4.69) is 37.0 Å². The number of anilines is 1. The lowest BCUT2D eigenvalue weighted by Crippen LogP contribution is -1.93. The van der Waals surface area contributed by atoms with Crippen LogP contribution in [-0.2, 0) is 0 Å². The second-order valence-corrected chi connectivity index (χ2v) is 4.65. The largest absolute Gasteiger partial charge is 0.383 e. The lowest BCUT2D eigenvalue weighted by atomic mass is 10.1. The summed E-state index contributed by atoms with van der Waals surface area (Å²) in [7, 11) is 0. The standard InChI is InChI=1S/C15H15N3.ClH/c1-10-7-11(2)9-12(8-10)14-15(16)18-6-4-3-5-13(18)17-14;/h3-9H,16H2,1-2H3;1H. The zero-order valence-electron chi connectivity index (χ0n) is 10.9. The van der Waals surface area contributed by atoms with E-state index < -0.39 is 0 Å². The first-order chi connectivity index (χ1) is 8.65. The van der Waals surface area contributed by atoms with Crippen LogP contribution < -0.4 is 5.73 Å². The van der Waals surface area contributed by atoms with Gasteiger partial charge in [0, 0.05) is 11.8 Å². The molecule has 98 valence electrons. The van der Waals surface area contributed by atoms with Crippen LogP contribution >= 0.6 is 12.4 Å². The molecule has 0 unspecified atom stereocenters. The molecule has 0 spiro atoms. The minimum absolute atomic E-state index is 0. The van der Waals surface area contributed by atoms with Gasteiger partial charge in [-0.05, 0) is 38.1 Å². The molecule has 0 amide bonds. The summed E-state index contributed by atoms with van der Waals surface area (Å²) in [5.74, 6) is 0.690. The Morgan fingerprint density at radius 3 is 2.37 bits per heavy atom. The van der Waals surface area contributed by atoms with Crippen LogP contribution in [0.1, 0.15) is 11.1 Å². The van der Waals surface area contributed by atoms with Gasteiger partial charge in [0.15, 0.2) is 0 Å². The van der Waals surface area contributed by atoms with Gasteiger partial charge >= 0.3 is 0 Å². The van der Waals surface area contributed by atoms with E-state index in [0.717, 1.165) is 16.9 Å². The number of hydrogen-bond donors (Lipinski definition) is 1. The van der Waals surface area contributed by atoms with Crippen LogP contribution in [0.15, 0.2) is 42.6 Å². The van der Waals surface area contributed by atoms with E-state index in [4.69, 9.17) is 5.73 Å². The molecule has 2 heterocycles. The SMILES string of the molecule is Cc1cc(C)cc(-c2nc3ccccn3c2N)c1.Cl. The molecule has 2 aromatic heterocycles. The first-order valence-electron chi connectivity index (χ1n) is 5.96. The monoisotopic (exact) mass is 273 g/mol. The third kappa shape index (κ3) is 2.29. The maximum absolute atomic E-state index is 6.17. The Hall–Kier alpha value is -2.00. The Labute approximate surface area is 118 Å². The van der Waals surface area contributed by atoms with Gasteiger partial charge in [-0.1, -0.05) is 23.3 Å². The minimum Gasteiger partial charge on any atom is -0.383 e. The number of hydrogen-bond acceptors (Lipinski definition) is 2. The molecular weight excluding hydrogens is 258 g/mol. The topological polar surface area (TPSA) is 43.3 Å². The molecule has 0 saturated heterocycles. The highest BCUT2D eigenvalue weighted by molar-refractivity contribution is 5.85. The summed E-state index contributed by atoms with van der Waals surface area (Å²) in [6.07, 6.45) is 1.93. The van der Waals surface area contributed by atoms with Crippen LogP contribution in [0.25, 0.3) is 16.9 Å². The van der Waals surface area contributed by atoms with Crippen LogP contribution in [0.2, 0.25) is 0 Å². The summed E-state index contributed by atoms with van der Waals surface area (Å²) < 4.78 is 1.91. The third-order valence-corrected chi connectivity index (χ3v) is 3.06. The molecule has 0 aliphatic heterocycles. The number of imidazole rings is 1. The number of nitrogen functional groups attached to an aromatic ring is 1. The minimum atomic E-state index is 0. The maximum Gasteiger partial charge on any atom is 0.139 e. The molecule has 3 nitrogen and oxygen atoms in total. The number of nitrogens with two attached hydrogens (primary N) is 1. The molecule has 0 aliphatic rings. The highest BCUT2D eigenvalue weighted by Gasteiger charge is 2.11. The third-order valence-electron chi connectivity index (χ3n) is 3.06. The van der Waals surface area contributed by atoms with E-state index in [0.29, 0.717) is 5.82 Å². The fourth-order valence-corrected chi connectivity index (χ4v) is 2.34. The van der Waals surface area contributed by atoms with Gasteiger partial charge in [0.05, 0.1) is 0 Å². The summed E-state index contributed by atoms with van der Waals surface area (Å²) in [6.45, 7) is 4.17. The van der Waals surface area contributed by atoms with Gasteiger partial charge in [0.1, 0.15) is 17.2 Å². The highest BCUT2D eigenvalue weighted by atomic mass is 35.5. The van der Waals surface area contributed by atoms with E-state index in [1.54, 1.807) is 0 Å². The number of pyridine rings is 1.